The summed E-state index contributed by atoms with van der Waals surface area (Å²) in [6, 6.07) is 11.7. The van der Waals surface area contributed by atoms with Gasteiger partial charge >= 0.3 is 13.9 Å². The monoisotopic (exact) mass is 592 g/mol. The van der Waals surface area contributed by atoms with Crippen LogP contribution in [-0.2, 0) is 35.0 Å². The minimum absolute atomic E-state index is 0.168. The Bertz CT molecular complexity index is 1530. The highest BCUT2D eigenvalue weighted by Gasteiger charge is 2.37. The first-order valence-electron chi connectivity index (χ1n) is 15.2. The topological polar surface area (TPSA) is 178 Å². The molecule has 3 atom stereocenters. The maximum atomic E-state index is 13.7. The number of amides is 1. The summed E-state index contributed by atoms with van der Waals surface area (Å²) in [4.78, 5) is 32.7. The lowest BCUT2D eigenvalue weighted by Gasteiger charge is -2.33. The van der Waals surface area contributed by atoms with Crippen molar-refractivity contribution in [1.29, 1.82) is 0 Å². The van der Waals surface area contributed by atoms with Crippen molar-refractivity contribution in [3.05, 3.63) is 60.2 Å². The van der Waals surface area contributed by atoms with Crippen molar-refractivity contribution >= 4 is 29.6 Å². The van der Waals surface area contributed by atoms with Crippen molar-refractivity contribution in [2.45, 2.75) is 49.8 Å². The molecule has 1 saturated heterocycles. The summed E-state index contributed by atoms with van der Waals surface area (Å²) in [6.07, 6.45) is -11.0. The fourth-order valence-corrected chi connectivity index (χ4v) is 5.89. The quantitative estimate of drug-likeness (QED) is 0.200. The summed E-state index contributed by atoms with van der Waals surface area (Å²) in [6.45, 7) is -4.41. The van der Waals surface area contributed by atoms with E-state index in [1.54, 1.807) is 44.2 Å². The molecular formula is C25H36N3O9PS. The van der Waals surface area contributed by atoms with Crippen LogP contribution < -0.4 is 11.1 Å². The van der Waals surface area contributed by atoms with Gasteiger partial charge in [0.25, 0.3) is 0 Å². The average Bonchev–Trinajstić information content (AvgIpc) is 2.99. The van der Waals surface area contributed by atoms with E-state index in [1.165, 1.54) is 24.3 Å². The first kappa shape index (κ1) is 22.2. The van der Waals surface area contributed by atoms with E-state index in [4.69, 9.17) is 24.6 Å². The molecule has 0 radical (unpaired) electrons. The van der Waals surface area contributed by atoms with Crippen molar-refractivity contribution in [2.75, 3.05) is 31.9 Å². The van der Waals surface area contributed by atoms with E-state index in [0.717, 1.165) is 4.31 Å². The predicted molar refractivity (Wildman–Crippen MR) is 144 cm³/mol. The van der Waals surface area contributed by atoms with Gasteiger partial charge in [-0.2, -0.15) is 4.31 Å². The third kappa shape index (κ3) is 9.87. The normalized spacial score (nSPS) is 26.2. The number of carbonyl (C=O) groups excluding carboxylic acids is 1. The molecule has 0 bridgehead atoms. The van der Waals surface area contributed by atoms with Crippen LogP contribution in [0, 0.1) is 5.92 Å². The summed E-state index contributed by atoms with van der Waals surface area (Å²) in [5.41, 5.74) is 6.43. The minimum atomic E-state index is -5.40. The number of ether oxygens (including phenoxy) is 2. The number of hydrogen-bond acceptors (Lipinski definition) is 8. The van der Waals surface area contributed by atoms with Gasteiger partial charge in [0, 0.05) is 27.9 Å². The Morgan fingerprint density at radius 2 is 1.90 bits per heavy atom. The smallest absolute Gasteiger partial charge is 0.444 e. The molecule has 1 fully saturated rings. The number of alkyl carbamates (subject to hydrolysis) is 1. The molecule has 2 aromatic carbocycles. The largest absolute Gasteiger partial charge is 0.469 e. The van der Waals surface area contributed by atoms with E-state index in [0.29, 0.717) is 5.56 Å². The Hall–Kier alpha value is -2.51. The second-order valence-electron chi connectivity index (χ2n) is 9.01. The number of phosphoric ester groups is 1. The zero-order valence-corrected chi connectivity index (χ0v) is 22.9. The van der Waals surface area contributed by atoms with Gasteiger partial charge in [0.1, 0.15) is 12.2 Å². The van der Waals surface area contributed by atoms with E-state index in [2.05, 4.69) is 10.1 Å². The maximum absolute atomic E-state index is 13.7. The SMILES string of the molecule is [2H]C1([2H])OC([2H])([2H])[C@@]([2H])(OC(=O)N[C@@H](Cc2ccccc2)[C@@H](CN(CC(C)C)S(=O)(=O)c2ccc(N)cc2)OP(=O)(O)O)C1([2H])[2H]. The molecule has 1 amide bonds. The standard InChI is InChI=1S/C25H36N3O9PS/c1-18(2)15-28(39(33,34)22-10-8-20(26)9-11-22)16-24(37-38(30,31)32)23(14-19-6-4-3-5-7-19)27-25(29)36-21-12-13-35-17-21/h3-11,18,21,23-24H,12-17,26H2,1-2H3,(H,27,29)(H2,30,31,32)/t21-,23-,24+/m0/s1/i12D2,13D2,17D2,21D. The third-order valence-corrected chi connectivity index (χ3v) is 7.74. The highest BCUT2D eigenvalue weighted by atomic mass is 32.2. The number of phosphoric acid groups is 1. The van der Waals surface area contributed by atoms with Gasteiger partial charge in [0.2, 0.25) is 10.0 Å². The number of nitrogens with two attached hydrogens (primary N) is 1. The van der Waals surface area contributed by atoms with Crippen molar-refractivity contribution in [3.63, 3.8) is 0 Å². The number of carbonyl (C=O) groups is 1. The zero-order chi connectivity index (χ0) is 34.9. The lowest BCUT2D eigenvalue weighted by atomic mass is 10.0. The second-order valence-corrected chi connectivity index (χ2v) is 12.1. The molecule has 14 heteroatoms. The van der Waals surface area contributed by atoms with E-state index in [9.17, 15) is 27.6 Å². The average molecular weight is 593 g/mol. The van der Waals surface area contributed by atoms with Crippen LogP contribution in [0.2, 0.25) is 0 Å². The first-order chi connectivity index (χ1) is 20.9. The summed E-state index contributed by atoms with van der Waals surface area (Å²) in [5, 5.41) is 2.20. The van der Waals surface area contributed by atoms with Crippen LogP contribution in [-0.4, -0.2) is 73.0 Å². The van der Waals surface area contributed by atoms with Gasteiger partial charge in [-0.1, -0.05) is 44.2 Å². The van der Waals surface area contributed by atoms with Crippen molar-refractivity contribution < 1.29 is 51.2 Å². The molecule has 12 nitrogen and oxygen atoms in total. The number of benzene rings is 2. The highest BCUT2D eigenvalue weighted by Crippen LogP contribution is 2.39. The fraction of sp³-hybridized carbons (Fsp3) is 0.480. The number of nitrogens with zero attached hydrogens (tertiary/aromatic N) is 1. The number of nitrogen functional groups attached to an aromatic ring is 1. The summed E-state index contributed by atoms with van der Waals surface area (Å²) in [7, 11) is -9.76. The number of sulfonamides is 1. The zero-order valence-electron chi connectivity index (χ0n) is 28.2. The highest BCUT2D eigenvalue weighted by molar-refractivity contribution is 7.89. The maximum Gasteiger partial charge on any atom is 0.469 e. The van der Waals surface area contributed by atoms with Crippen molar-refractivity contribution in [3.8, 4) is 0 Å². The van der Waals surface area contributed by atoms with Crippen LogP contribution in [0.3, 0.4) is 0 Å². The molecule has 0 saturated carbocycles. The molecule has 1 aliphatic heterocycles. The Morgan fingerprint density at radius 1 is 1.23 bits per heavy atom. The van der Waals surface area contributed by atoms with Crippen LogP contribution in [0.15, 0.2) is 59.5 Å². The molecule has 5 N–H and O–H groups in total. The van der Waals surface area contributed by atoms with Crippen LogP contribution in [0.25, 0.3) is 0 Å². The van der Waals surface area contributed by atoms with Crippen molar-refractivity contribution in [1.82, 2.24) is 9.62 Å². The summed E-state index contributed by atoms with van der Waals surface area (Å²) in [5.74, 6) is -0.310. The molecule has 39 heavy (non-hydrogen) atoms. The number of rotatable bonds is 13. The molecule has 0 unspecified atom stereocenters. The first-order valence-corrected chi connectivity index (χ1v) is 14.7. The van der Waals surface area contributed by atoms with Crippen LogP contribution in [0.1, 0.15) is 35.4 Å². The minimum Gasteiger partial charge on any atom is -0.444 e. The Balaban J connectivity index is 2.06. The van der Waals surface area contributed by atoms with E-state index < -0.39 is 68.2 Å². The van der Waals surface area contributed by atoms with E-state index >= 15 is 0 Å². The Morgan fingerprint density at radius 3 is 2.46 bits per heavy atom. The Kier molecular flexibility index (Phi) is 7.81. The molecular weight excluding hydrogens is 549 g/mol. The van der Waals surface area contributed by atoms with Gasteiger partial charge in [-0.05, 0) is 42.2 Å². The van der Waals surface area contributed by atoms with E-state index in [1.807, 2.05) is 0 Å². The molecule has 216 valence electrons. The second kappa shape index (κ2) is 13.7. The van der Waals surface area contributed by atoms with Crippen LogP contribution >= 0.6 is 7.82 Å². The third-order valence-electron chi connectivity index (χ3n) is 5.35. The summed E-state index contributed by atoms with van der Waals surface area (Å²) >= 11 is 0. The molecule has 0 spiro atoms. The number of anilines is 1. The van der Waals surface area contributed by atoms with Crippen LogP contribution in [0.5, 0.6) is 0 Å². The van der Waals surface area contributed by atoms with E-state index in [-0.39, 0.29) is 29.5 Å². The van der Waals surface area contributed by atoms with Gasteiger partial charge in [-0.25, -0.2) is 17.8 Å². The lowest BCUT2D eigenvalue weighted by molar-refractivity contribution is 0.0601. The van der Waals surface area contributed by atoms with Gasteiger partial charge < -0.3 is 30.3 Å². The molecule has 0 aliphatic carbocycles. The molecule has 1 aliphatic rings. The fourth-order valence-electron chi connectivity index (χ4n) is 3.71. The molecule has 0 aromatic heterocycles. The van der Waals surface area contributed by atoms with Gasteiger partial charge in [-0.15, -0.1) is 0 Å². The number of hydrogen-bond donors (Lipinski definition) is 4. The molecule has 3 rings (SSSR count). The number of nitrogens with one attached hydrogen (secondary N) is 1. The Labute approximate surface area is 238 Å². The lowest BCUT2D eigenvalue weighted by Crippen LogP contribution is -2.52. The van der Waals surface area contributed by atoms with Crippen LogP contribution in [0.4, 0.5) is 10.5 Å². The summed E-state index contributed by atoms with van der Waals surface area (Å²) < 4.78 is 110. The molecule has 2 aromatic rings. The van der Waals surface area contributed by atoms with Crippen molar-refractivity contribution in [2.24, 2.45) is 5.92 Å². The van der Waals surface area contributed by atoms with Gasteiger partial charge in [-0.3, -0.25) is 4.52 Å². The molecule has 1 heterocycles. The van der Waals surface area contributed by atoms with Gasteiger partial charge in [0.05, 0.1) is 30.9 Å². The van der Waals surface area contributed by atoms with Gasteiger partial charge in [0.15, 0.2) is 0 Å². The predicted octanol–water partition coefficient (Wildman–Crippen LogP) is 2.52.